The number of rotatable bonds is 6. The van der Waals surface area contributed by atoms with Gasteiger partial charge in [0.1, 0.15) is 11.9 Å². The second-order valence-corrected chi connectivity index (χ2v) is 4.53. The number of carbonyl (C=O) groups is 2. The van der Waals surface area contributed by atoms with E-state index >= 15 is 0 Å². The quantitative estimate of drug-likeness (QED) is 0.824. The monoisotopic (exact) mass is 278 g/mol. The van der Waals surface area contributed by atoms with Gasteiger partial charge in [-0.25, -0.2) is 9.18 Å². The Labute approximate surface area is 116 Å². The van der Waals surface area contributed by atoms with Crippen molar-refractivity contribution in [3.05, 3.63) is 35.6 Å². The number of aliphatic carboxylic acids is 1. The Morgan fingerprint density at radius 1 is 1.50 bits per heavy atom. The summed E-state index contributed by atoms with van der Waals surface area (Å²) < 4.78 is 13.0. The van der Waals surface area contributed by atoms with Gasteiger partial charge in [0.25, 0.3) is 0 Å². The highest BCUT2D eigenvalue weighted by Gasteiger charge is 2.26. The van der Waals surface area contributed by atoms with Crippen LogP contribution in [0.5, 0.6) is 0 Å². The highest BCUT2D eigenvalue weighted by molar-refractivity contribution is 5.85. The molecular weight excluding hydrogens is 263 g/mol. The summed E-state index contributed by atoms with van der Waals surface area (Å²) in [4.78, 5) is 22.8. The molecule has 1 aromatic carbocycles. The molecule has 0 heterocycles. The van der Waals surface area contributed by atoms with E-state index in [0.29, 0.717) is 5.56 Å². The summed E-state index contributed by atoms with van der Waals surface area (Å²) in [5.41, 5.74) is 0.458. The summed E-state index contributed by atoms with van der Waals surface area (Å²) in [6, 6.07) is 6.27. The topological polar surface area (TPSA) is 90.2 Å². The highest BCUT2D eigenvalue weighted by Crippen LogP contribution is 2.09. The number of nitriles is 1. The van der Waals surface area contributed by atoms with Crippen LogP contribution in [0.15, 0.2) is 24.3 Å². The SMILES string of the molecule is C[C@H](CC#N)[C@@H](NC(=O)Cc1cccc(F)c1)C(=O)O. The Balaban J connectivity index is 2.67. The molecule has 0 spiro atoms. The van der Waals surface area contributed by atoms with Crippen LogP contribution in [0.4, 0.5) is 4.39 Å². The largest absolute Gasteiger partial charge is 0.480 e. The third-order valence-electron chi connectivity index (χ3n) is 2.82. The van der Waals surface area contributed by atoms with Gasteiger partial charge in [-0.1, -0.05) is 19.1 Å². The predicted octanol–water partition coefficient (Wildman–Crippen LogP) is 1.49. The zero-order valence-electron chi connectivity index (χ0n) is 11.0. The standard InChI is InChI=1S/C14H15FN2O3/c1-9(5-6-16)13(14(19)20)17-12(18)8-10-3-2-4-11(15)7-10/h2-4,7,9,13H,5,8H2,1H3,(H,17,18)(H,19,20)/t9-,13-/m1/s1. The fourth-order valence-electron chi connectivity index (χ4n) is 1.77. The van der Waals surface area contributed by atoms with Crippen LogP contribution in [0, 0.1) is 23.1 Å². The van der Waals surface area contributed by atoms with Crippen molar-refractivity contribution in [2.24, 2.45) is 5.92 Å². The van der Waals surface area contributed by atoms with Gasteiger partial charge in [-0.2, -0.15) is 5.26 Å². The lowest BCUT2D eigenvalue weighted by Gasteiger charge is -2.19. The summed E-state index contributed by atoms with van der Waals surface area (Å²) in [7, 11) is 0. The number of benzene rings is 1. The maximum atomic E-state index is 13.0. The van der Waals surface area contributed by atoms with Gasteiger partial charge >= 0.3 is 5.97 Å². The maximum Gasteiger partial charge on any atom is 0.326 e. The first-order chi connectivity index (χ1) is 9.43. The number of nitrogens with zero attached hydrogens (tertiary/aromatic N) is 1. The molecule has 0 fully saturated rings. The van der Waals surface area contributed by atoms with E-state index in [1.807, 2.05) is 6.07 Å². The zero-order chi connectivity index (χ0) is 15.1. The average molecular weight is 278 g/mol. The number of hydrogen-bond donors (Lipinski definition) is 2. The van der Waals surface area contributed by atoms with Crippen LogP contribution in [0.1, 0.15) is 18.9 Å². The summed E-state index contributed by atoms with van der Waals surface area (Å²) >= 11 is 0. The number of carboxylic acid groups (broad SMARTS) is 1. The van der Waals surface area contributed by atoms with E-state index in [1.54, 1.807) is 13.0 Å². The van der Waals surface area contributed by atoms with Crippen molar-refractivity contribution >= 4 is 11.9 Å². The number of hydrogen-bond acceptors (Lipinski definition) is 3. The van der Waals surface area contributed by atoms with Gasteiger partial charge in [0, 0.05) is 12.3 Å². The third kappa shape index (κ3) is 4.69. The summed E-state index contributed by atoms with van der Waals surface area (Å²) in [6.45, 7) is 1.57. The van der Waals surface area contributed by atoms with Crippen LogP contribution in [-0.4, -0.2) is 23.0 Å². The number of carbonyl (C=O) groups excluding carboxylic acids is 1. The van der Waals surface area contributed by atoms with E-state index in [-0.39, 0.29) is 12.8 Å². The van der Waals surface area contributed by atoms with E-state index in [9.17, 15) is 14.0 Å². The normalized spacial score (nSPS) is 13.1. The second-order valence-electron chi connectivity index (χ2n) is 4.53. The summed E-state index contributed by atoms with van der Waals surface area (Å²) in [5, 5.41) is 20.0. The minimum atomic E-state index is -1.19. The Bertz CT molecular complexity index is 539. The average Bonchev–Trinajstić information content (AvgIpc) is 2.35. The van der Waals surface area contributed by atoms with Crippen LogP contribution in [-0.2, 0) is 16.0 Å². The van der Waals surface area contributed by atoms with Crippen molar-refractivity contribution in [1.82, 2.24) is 5.32 Å². The lowest BCUT2D eigenvalue weighted by molar-refractivity contribution is -0.143. The fraction of sp³-hybridized carbons (Fsp3) is 0.357. The van der Waals surface area contributed by atoms with Gasteiger partial charge in [0.15, 0.2) is 0 Å². The third-order valence-corrected chi connectivity index (χ3v) is 2.82. The van der Waals surface area contributed by atoms with Gasteiger partial charge in [-0.15, -0.1) is 0 Å². The van der Waals surface area contributed by atoms with E-state index in [0.717, 1.165) is 0 Å². The minimum Gasteiger partial charge on any atom is -0.480 e. The lowest BCUT2D eigenvalue weighted by Crippen LogP contribution is -2.45. The lowest BCUT2D eigenvalue weighted by atomic mass is 9.98. The predicted molar refractivity (Wildman–Crippen MR) is 69.1 cm³/mol. The minimum absolute atomic E-state index is 0.0250. The molecule has 5 nitrogen and oxygen atoms in total. The molecule has 6 heteroatoms. The van der Waals surface area contributed by atoms with Crippen molar-refractivity contribution < 1.29 is 19.1 Å². The van der Waals surface area contributed by atoms with E-state index in [2.05, 4.69) is 5.32 Å². The van der Waals surface area contributed by atoms with Crippen molar-refractivity contribution in [1.29, 1.82) is 5.26 Å². The van der Waals surface area contributed by atoms with Crippen molar-refractivity contribution in [2.75, 3.05) is 0 Å². The van der Waals surface area contributed by atoms with E-state index in [4.69, 9.17) is 10.4 Å². The first kappa shape index (κ1) is 15.6. The molecule has 0 aromatic heterocycles. The van der Waals surface area contributed by atoms with E-state index in [1.165, 1.54) is 18.2 Å². The molecule has 0 bridgehead atoms. The molecule has 106 valence electrons. The van der Waals surface area contributed by atoms with E-state index < -0.39 is 29.7 Å². The molecular formula is C14H15FN2O3. The van der Waals surface area contributed by atoms with Crippen LogP contribution < -0.4 is 5.32 Å². The number of amides is 1. The molecule has 0 radical (unpaired) electrons. The van der Waals surface area contributed by atoms with Gasteiger partial charge < -0.3 is 10.4 Å². The zero-order valence-corrected chi connectivity index (χ0v) is 11.0. The molecule has 1 aromatic rings. The van der Waals surface area contributed by atoms with Crippen molar-refractivity contribution in [3.8, 4) is 6.07 Å². The number of halogens is 1. The van der Waals surface area contributed by atoms with Crippen LogP contribution >= 0.6 is 0 Å². The Morgan fingerprint density at radius 3 is 2.75 bits per heavy atom. The number of nitrogens with one attached hydrogen (secondary N) is 1. The molecule has 20 heavy (non-hydrogen) atoms. The highest BCUT2D eigenvalue weighted by atomic mass is 19.1. The molecule has 1 rings (SSSR count). The van der Waals surface area contributed by atoms with Crippen molar-refractivity contribution in [2.45, 2.75) is 25.8 Å². The van der Waals surface area contributed by atoms with Gasteiger partial charge in [0.2, 0.25) is 5.91 Å². The van der Waals surface area contributed by atoms with Crippen LogP contribution in [0.3, 0.4) is 0 Å². The second kappa shape index (κ2) is 7.24. The first-order valence-corrected chi connectivity index (χ1v) is 6.07. The maximum absolute atomic E-state index is 13.0. The summed E-state index contributed by atoms with van der Waals surface area (Å²) in [5.74, 6) is -2.68. The molecule has 0 saturated heterocycles. The first-order valence-electron chi connectivity index (χ1n) is 6.07. The molecule has 0 aliphatic carbocycles. The smallest absolute Gasteiger partial charge is 0.326 e. The van der Waals surface area contributed by atoms with Crippen LogP contribution in [0.2, 0.25) is 0 Å². The Morgan fingerprint density at radius 2 is 2.20 bits per heavy atom. The van der Waals surface area contributed by atoms with Gasteiger partial charge in [0.05, 0.1) is 12.5 Å². The Hall–Kier alpha value is -2.42. The van der Waals surface area contributed by atoms with Crippen molar-refractivity contribution in [3.63, 3.8) is 0 Å². The molecule has 2 N–H and O–H groups in total. The Kier molecular flexibility index (Phi) is 5.66. The molecule has 1 amide bonds. The number of carboxylic acids is 1. The molecule has 0 aliphatic heterocycles. The van der Waals surface area contributed by atoms with Gasteiger partial charge in [-0.3, -0.25) is 4.79 Å². The van der Waals surface area contributed by atoms with Crippen LogP contribution in [0.25, 0.3) is 0 Å². The molecule has 2 atom stereocenters. The molecule has 0 saturated carbocycles. The van der Waals surface area contributed by atoms with Gasteiger partial charge in [-0.05, 0) is 17.7 Å². The molecule has 0 aliphatic rings. The summed E-state index contributed by atoms with van der Waals surface area (Å²) in [6.07, 6.45) is -0.0853. The fourth-order valence-corrected chi connectivity index (χ4v) is 1.77. The molecule has 0 unspecified atom stereocenters.